The molecule has 0 atom stereocenters. The maximum absolute atomic E-state index is 10.2. The van der Waals surface area contributed by atoms with Crippen LogP contribution in [0.25, 0.3) is 0 Å². The van der Waals surface area contributed by atoms with Gasteiger partial charge in [-0.15, -0.1) is 0 Å². The van der Waals surface area contributed by atoms with Gasteiger partial charge in [0.2, 0.25) is 0 Å². The minimum absolute atomic E-state index is 0. The van der Waals surface area contributed by atoms with Crippen molar-refractivity contribution in [3.63, 3.8) is 0 Å². The number of rotatable bonds is 32. The molecule has 6 heteroatoms. The molecule has 0 radical (unpaired) electrons. The van der Waals surface area contributed by atoms with E-state index in [1.165, 1.54) is 167 Å². The Kier molecular flexibility index (Phi) is 56.9. The van der Waals surface area contributed by atoms with Crippen LogP contribution in [-0.2, 0) is 9.59 Å². The van der Waals surface area contributed by atoms with Crippen molar-refractivity contribution in [1.82, 2.24) is 0 Å². The van der Waals surface area contributed by atoms with Crippen LogP contribution in [0.2, 0.25) is 0 Å². The Balaban J connectivity index is -0.000000328. The van der Waals surface area contributed by atoms with Crippen LogP contribution >= 0.6 is 0 Å². The Hall–Kier alpha value is 1.77. The predicted octanol–water partition coefficient (Wildman–Crippen LogP) is 8.70. The summed E-state index contributed by atoms with van der Waals surface area (Å²) in [5.41, 5.74) is 0. The van der Waals surface area contributed by atoms with Gasteiger partial charge in [-0.1, -0.05) is 194 Å². The van der Waals surface area contributed by atoms with Crippen molar-refractivity contribution in [3.05, 3.63) is 0 Å². The molecule has 0 aliphatic carbocycles. The Morgan fingerprint density at radius 2 is 0.476 bits per heavy atom. The molecule has 0 saturated carbocycles. The zero-order chi connectivity index (χ0) is 29.8. The summed E-state index contributed by atoms with van der Waals surface area (Å²) in [6, 6.07) is 0. The van der Waals surface area contributed by atoms with Crippen LogP contribution in [0, 0.1) is 0 Å². The van der Waals surface area contributed by atoms with Gasteiger partial charge in [-0.25, -0.2) is 0 Å². The summed E-state index contributed by atoms with van der Waals surface area (Å²) in [4.78, 5) is 20.4. The van der Waals surface area contributed by atoms with Crippen LogP contribution in [0.1, 0.15) is 219 Å². The third kappa shape index (κ3) is 54.3. The normalized spacial score (nSPS) is 10.3. The fraction of sp³-hybridized carbons (Fsp3) is 0.944. The van der Waals surface area contributed by atoms with E-state index in [0.717, 1.165) is 25.7 Å². The summed E-state index contributed by atoms with van der Waals surface area (Å²) >= 11 is 0. The third-order valence-corrected chi connectivity index (χ3v) is 7.97. The van der Waals surface area contributed by atoms with Gasteiger partial charge in [-0.2, -0.15) is 0 Å². The molecule has 0 aromatic rings. The van der Waals surface area contributed by atoms with Crippen LogP contribution in [-0.4, -0.2) is 98.6 Å². The number of hydrogen-bond donors (Lipinski definition) is 0. The quantitative estimate of drug-likeness (QED) is 0.0510. The van der Waals surface area contributed by atoms with Gasteiger partial charge in [0.1, 0.15) is 0 Å². The van der Waals surface area contributed by atoms with Gasteiger partial charge >= 0.3 is 86.6 Å². The molecule has 0 spiro atoms. The predicted molar refractivity (Wildman–Crippen MR) is 183 cm³/mol. The van der Waals surface area contributed by atoms with E-state index < -0.39 is 11.9 Å². The van der Waals surface area contributed by atoms with Crippen molar-refractivity contribution in [3.8, 4) is 0 Å². The fourth-order valence-electron chi connectivity index (χ4n) is 5.28. The number of carbonyl (C=O) groups excluding carboxylic acids is 2. The summed E-state index contributed by atoms with van der Waals surface area (Å²) in [6.45, 7) is 4.53. The number of carboxylic acid groups (broad SMARTS) is 2. The van der Waals surface area contributed by atoms with Crippen molar-refractivity contribution < 1.29 is 19.8 Å². The van der Waals surface area contributed by atoms with E-state index in [1.807, 2.05) is 0 Å². The van der Waals surface area contributed by atoms with Crippen molar-refractivity contribution >= 4 is 98.6 Å². The molecule has 0 aromatic carbocycles. The van der Waals surface area contributed by atoms with Gasteiger partial charge in [0, 0.05) is 11.9 Å². The van der Waals surface area contributed by atoms with Crippen molar-refractivity contribution in [2.24, 2.45) is 0 Å². The Morgan fingerprint density at radius 3 is 0.619 bits per heavy atom. The van der Waals surface area contributed by atoms with E-state index in [1.54, 1.807) is 0 Å². The average molecular weight is 746 g/mol. The van der Waals surface area contributed by atoms with Crippen LogP contribution in [0.5, 0.6) is 0 Å². The Morgan fingerprint density at radius 1 is 0.333 bits per heavy atom. The first-order valence-electron chi connectivity index (χ1n) is 17.9. The van der Waals surface area contributed by atoms with Crippen molar-refractivity contribution in [2.75, 3.05) is 0 Å². The van der Waals surface area contributed by atoms with Gasteiger partial charge in [0.25, 0.3) is 0 Å². The second kappa shape index (κ2) is 47.2. The number of aliphatic carboxylic acids is 2. The zero-order valence-corrected chi connectivity index (χ0v) is 32.4. The van der Waals surface area contributed by atoms with Gasteiger partial charge < -0.3 is 19.8 Å². The van der Waals surface area contributed by atoms with Crippen LogP contribution < -0.4 is 10.2 Å². The number of carboxylic acids is 2. The van der Waals surface area contributed by atoms with E-state index in [4.69, 9.17) is 0 Å². The number of unbranched alkanes of at least 4 members (excludes halogenated alkanes) is 28. The molecule has 0 unspecified atom stereocenters. The van der Waals surface area contributed by atoms with E-state index >= 15 is 0 Å². The molecule has 42 heavy (non-hydrogen) atoms. The van der Waals surface area contributed by atoms with Crippen molar-refractivity contribution in [1.29, 1.82) is 0 Å². The van der Waals surface area contributed by atoms with E-state index in [0.29, 0.717) is 0 Å². The molecule has 0 amide bonds. The summed E-state index contributed by atoms with van der Waals surface area (Å²) in [5, 5.41) is 20.4. The van der Waals surface area contributed by atoms with Crippen LogP contribution in [0.4, 0.5) is 0 Å². The molecular weight excluding hydrogens is 674 g/mol. The molecule has 0 N–H and O–H groups in total. The molecule has 0 aliphatic heterocycles. The molecule has 0 bridgehead atoms. The van der Waals surface area contributed by atoms with Gasteiger partial charge in [0.05, 0.1) is 0 Å². The topological polar surface area (TPSA) is 80.3 Å². The molecule has 0 heterocycles. The van der Waals surface area contributed by atoms with Crippen LogP contribution in [0.15, 0.2) is 0 Å². The molecule has 0 aliphatic rings. The summed E-state index contributed by atoms with van der Waals surface area (Å²) in [6.07, 6.45) is 39.7. The van der Waals surface area contributed by atoms with E-state index in [2.05, 4.69) is 13.8 Å². The van der Waals surface area contributed by atoms with Gasteiger partial charge in [0.15, 0.2) is 0 Å². The number of hydrogen-bond acceptors (Lipinski definition) is 4. The summed E-state index contributed by atoms with van der Waals surface area (Å²) in [7, 11) is 0. The SMILES string of the molecule is CCCCCCCCCCCCCCCCCC(=O)[O-].CCCCCCCCCCCCCCCCCC(=O)[O-].[Ba+2].[CaH2]. The summed E-state index contributed by atoms with van der Waals surface area (Å²) < 4.78 is 0. The summed E-state index contributed by atoms with van der Waals surface area (Å²) in [5.74, 6) is -1.81. The van der Waals surface area contributed by atoms with E-state index in [-0.39, 0.29) is 99.5 Å². The first-order valence-corrected chi connectivity index (χ1v) is 17.9. The Labute approximate surface area is 333 Å². The molecule has 0 rings (SSSR count). The molecule has 244 valence electrons. The molecule has 4 nitrogen and oxygen atoms in total. The second-order valence-corrected chi connectivity index (χ2v) is 12.1. The molecular formula is C36H72BaCaO4. The second-order valence-electron chi connectivity index (χ2n) is 12.1. The zero-order valence-electron chi connectivity index (χ0n) is 28.0. The average Bonchev–Trinajstić information content (AvgIpc) is 2.93. The van der Waals surface area contributed by atoms with E-state index in [9.17, 15) is 19.8 Å². The third-order valence-electron chi connectivity index (χ3n) is 7.97. The van der Waals surface area contributed by atoms with Gasteiger partial charge in [-0.3, -0.25) is 0 Å². The number of carbonyl (C=O) groups is 2. The van der Waals surface area contributed by atoms with Crippen LogP contribution in [0.3, 0.4) is 0 Å². The Bertz CT molecular complexity index is 461. The molecule has 0 fully saturated rings. The molecule has 0 aromatic heterocycles. The first-order chi connectivity index (χ1) is 19.5. The minimum atomic E-state index is -0.903. The molecule has 0 saturated heterocycles. The maximum atomic E-state index is 10.2. The standard InChI is InChI=1S/2C18H36O2.Ba.Ca.2H/c2*1-2-3-4-5-6-7-8-9-10-11-12-13-14-15-16-17-18(19)20;;;;/h2*2-17H2,1H3,(H,19,20);;;;/q;;+2;;;/p-2. The van der Waals surface area contributed by atoms with Gasteiger partial charge in [-0.05, 0) is 25.7 Å². The fourth-order valence-corrected chi connectivity index (χ4v) is 5.28. The first kappa shape index (κ1) is 50.6. The van der Waals surface area contributed by atoms with Crippen molar-refractivity contribution in [2.45, 2.75) is 219 Å². The monoisotopic (exact) mass is 746 g/mol.